The molecule has 1 N–H and O–H groups in total. The molecule has 4 aliphatic rings. The number of ether oxygens (including phenoxy) is 1. The number of nitrogens with one attached hydrogen (secondary N) is 1. The Bertz CT molecular complexity index is 961. The number of rotatable bonds is 6. The van der Waals surface area contributed by atoms with E-state index in [2.05, 4.69) is 5.32 Å². The van der Waals surface area contributed by atoms with Gasteiger partial charge in [-0.2, -0.15) is 0 Å². The quantitative estimate of drug-likeness (QED) is 0.537. The average molecular weight is 418 g/mol. The number of carbonyl (C=O) groups is 3. The number of amides is 1. The third kappa shape index (κ3) is 4.01. The minimum Gasteiger partial charge on any atom is -0.457 e. The van der Waals surface area contributed by atoms with Gasteiger partial charge < -0.3 is 10.1 Å². The van der Waals surface area contributed by atoms with Crippen LogP contribution in [0.25, 0.3) is 0 Å². The highest BCUT2D eigenvalue weighted by atomic mass is 16.5. The van der Waals surface area contributed by atoms with Crippen LogP contribution in [-0.2, 0) is 9.53 Å². The fourth-order valence-corrected chi connectivity index (χ4v) is 6.26. The van der Waals surface area contributed by atoms with Crippen molar-refractivity contribution in [2.24, 2.45) is 23.2 Å². The Hall–Kier alpha value is -2.95. The van der Waals surface area contributed by atoms with Crippen LogP contribution in [0.1, 0.15) is 59.2 Å². The average Bonchev–Trinajstić information content (AvgIpc) is 2.77. The standard InChI is InChI=1S/C26H27NO4/c28-23(16-31-25(30)26-13-17-10-18(14-26)12-19(11-17)15-26)20-6-8-22(9-7-20)27-24(29)21-4-2-1-3-5-21/h1-9,17-19H,10-16H2,(H,27,29). The number of anilines is 1. The molecule has 4 fully saturated rings. The van der Waals surface area contributed by atoms with Crippen molar-refractivity contribution in [3.8, 4) is 0 Å². The Labute approximate surface area is 182 Å². The highest BCUT2D eigenvalue weighted by Crippen LogP contribution is 2.60. The molecule has 4 bridgehead atoms. The molecule has 4 saturated carbocycles. The van der Waals surface area contributed by atoms with Crippen LogP contribution in [0.5, 0.6) is 0 Å². The molecule has 5 heteroatoms. The lowest BCUT2D eigenvalue weighted by molar-refractivity contribution is -0.170. The molecular weight excluding hydrogens is 390 g/mol. The highest BCUT2D eigenvalue weighted by Gasteiger charge is 2.55. The molecule has 5 nitrogen and oxygen atoms in total. The van der Waals surface area contributed by atoms with E-state index < -0.39 is 0 Å². The maximum absolute atomic E-state index is 12.9. The van der Waals surface area contributed by atoms with Crippen molar-refractivity contribution in [3.05, 3.63) is 65.7 Å². The molecule has 0 aliphatic heterocycles. The van der Waals surface area contributed by atoms with Gasteiger partial charge in [0.15, 0.2) is 12.4 Å². The van der Waals surface area contributed by atoms with Gasteiger partial charge in [0.25, 0.3) is 5.91 Å². The van der Waals surface area contributed by atoms with Crippen molar-refractivity contribution in [1.82, 2.24) is 0 Å². The van der Waals surface area contributed by atoms with Crippen LogP contribution in [-0.4, -0.2) is 24.3 Å². The fraction of sp³-hybridized carbons (Fsp3) is 0.423. The molecule has 0 radical (unpaired) electrons. The molecule has 160 valence electrons. The summed E-state index contributed by atoms with van der Waals surface area (Å²) >= 11 is 0. The number of esters is 1. The van der Waals surface area contributed by atoms with Gasteiger partial charge in [-0.3, -0.25) is 14.4 Å². The lowest BCUT2D eigenvalue weighted by Gasteiger charge is -2.55. The second-order valence-electron chi connectivity index (χ2n) is 9.59. The predicted octanol–water partition coefficient (Wildman–Crippen LogP) is 4.88. The Morgan fingerprint density at radius 1 is 0.806 bits per heavy atom. The summed E-state index contributed by atoms with van der Waals surface area (Å²) in [5, 5.41) is 2.81. The summed E-state index contributed by atoms with van der Waals surface area (Å²) in [6, 6.07) is 15.6. The van der Waals surface area contributed by atoms with E-state index >= 15 is 0 Å². The number of ketones is 1. The molecule has 1 amide bonds. The maximum Gasteiger partial charge on any atom is 0.312 e. The molecular formula is C26H27NO4. The van der Waals surface area contributed by atoms with Crippen LogP contribution in [0.4, 0.5) is 5.69 Å². The largest absolute Gasteiger partial charge is 0.457 e. The van der Waals surface area contributed by atoms with Gasteiger partial charge in [0.1, 0.15) is 0 Å². The van der Waals surface area contributed by atoms with Crippen molar-refractivity contribution in [2.45, 2.75) is 38.5 Å². The fourth-order valence-electron chi connectivity index (χ4n) is 6.26. The van der Waals surface area contributed by atoms with Crippen LogP contribution in [0, 0.1) is 23.2 Å². The van der Waals surface area contributed by atoms with Crippen LogP contribution < -0.4 is 5.32 Å². The molecule has 6 rings (SSSR count). The first-order valence-corrected chi connectivity index (χ1v) is 11.2. The summed E-state index contributed by atoms with van der Waals surface area (Å²) in [6.45, 7) is -0.226. The first kappa shape index (κ1) is 20.0. The van der Waals surface area contributed by atoms with Gasteiger partial charge in [-0.15, -0.1) is 0 Å². The van der Waals surface area contributed by atoms with Crippen molar-refractivity contribution in [1.29, 1.82) is 0 Å². The molecule has 0 unspecified atom stereocenters. The van der Waals surface area contributed by atoms with Gasteiger partial charge in [0, 0.05) is 16.8 Å². The zero-order chi connectivity index (χ0) is 21.4. The zero-order valence-electron chi connectivity index (χ0n) is 17.5. The van der Waals surface area contributed by atoms with Crippen LogP contribution in [0.2, 0.25) is 0 Å². The molecule has 31 heavy (non-hydrogen) atoms. The van der Waals surface area contributed by atoms with Crippen LogP contribution >= 0.6 is 0 Å². The van der Waals surface area contributed by atoms with E-state index in [0.29, 0.717) is 34.6 Å². The molecule has 0 heterocycles. The molecule has 2 aromatic carbocycles. The molecule has 2 aromatic rings. The monoisotopic (exact) mass is 417 g/mol. The predicted molar refractivity (Wildman–Crippen MR) is 117 cm³/mol. The zero-order valence-corrected chi connectivity index (χ0v) is 17.5. The van der Waals surface area contributed by atoms with E-state index in [0.717, 1.165) is 19.3 Å². The smallest absolute Gasteiger partial charge is 0.312 e. The molecule has 4 aliphatic carbocycles. The first-order valence-electron chi connectivity index (χ1n) is 11.2. The summed E-state index contributed by atoms with van der Waals surface area (Å²) in [6.07, 6.45) is 6.58. The second-order valence-corrected chi connectivity index (χ2v) is 9.59. The maximum atomic E-state index is 12.9. The van der Waals surface area contributed by atoms with E-state index in [1.54, 1.807) is 48.5 Å². The SMILES string of the molecule is O=C(COC(=O)C12CC3CC(CC(C3)C1)C2)c1ccc(NC(=O)c2ccccc2)cc1. The summed E-state index contributed by atoms with van der Waals surface area (Å²) in [5.74, 6) is 1.38. The summed E-state index contributed by atoms with van der Waals surface area (Å²) in [5.41, 5.74) is 1.30. The lowest BCUT2D eigenvalue weighted by Crippen LogP contribution is -2.50. The van der Waals surface area contributed by atoms with Crippen molar-refractivity contribution in [2.75, 3.05) is 11.9 Å². The number of hydrogen-bond acceptors (Lipinski definition) is 4. The Kier molecular flexibility index (Phi) is 5.12. The molecule has 0 saturated heterocycles. The lowest BCUT2D eigenvalue weighted by atomic mass is 9.49. The Morgan fingerprint density at radius 3 is 1.97 bits per heavy atom. The molecule has 0 spiro atoms. The second kappa shape index (κ2) is 7.95. The highest BCUT2D eigenvalue weighted by molar-refractivity contribution is 6.04. The van der Waals surface area contributed by atoms with E-state index in [-0.39, 0.29) is 29.7 Å². The van der Waals surface area contributed by atoms with Gasteiger partial charge in [-0.05, 0) is 92.7 Å². The minimum atomic E-state index is -0.347. The third-order valence-corrected chi connectivity index (χ3v) is 7.31. The summed E-state index contributed by atoms with van der Waals surface area (Å²) in [4.78, 5) is 37.7. The normalized spacial score (nSPS) is 28.2. The van der Waals surface area contributed by atoms with Crippen molar-refractivity contribution in [3.63, 3.8) is 0 Å². The minimum absolute atomic E-state index is 0.174. The van der Waals surface area contributed by atoms with Crippen LogP contribution in [0.3, 0.4) is 0 Å². The van der Waals surface area contributed by atoms with Gasteiger partial charge in [0.2, 0.25) is 0 Å². The number of hydrogen-bond donors (Lipinski definition) is 1. The Morgan fingerprint density at radius 2 is 1.39 bits per heavy atom. The van der Waals surface area contributed by atoms with Crippen LogP contribution in [0.15, 0.2) is 54.6 Å². The van der Waals surface area contributed by atoms with Crippen molar-refractivity contribution < 1.29 is 19.1 Å². The third-order valence-electron chi connectivity index (χ3n) is 7.31. The van der Waals surface area contributed by atoms with Gasteiger partial charge >= 0.3 is 5.97 Å². The topological polar surface area (TPSA) is 72.5 Å². The summed E-state index contributed by atoms with van der Waals surface area (Å²) in [7, 11) is 0. The number of carbonyl (C=O) groups excluding carboxylic acids is 3. The first-order chi connectivity index (χ1) is 15.0. The number of Topliss-reactive ketones (excluding diaryl/α,β-unsaturated/α-hetero) is 1. The Balaban J connectivity index is 1.17. The van der Waals surface area contributed by atoms with E-state index in [4.69, 9.17) is 4.74 Å². The van der Waals surface area contributed by atoms with Gasteiger partial charge in [-0.1, -0.05) is 18.2 Å². The van der Waals surface area contributed by atoms with E-state index in [9.17, 15) is 14.4 Å². The molecule has 0 atom stereocenters. The molecule has 0 aromatic heterocycles. The summed E-state index contributed by atoms with van der Waals surface area (Å²) < 4.78 is 5.54. The number of benzene rings is 2. The van der Waals surface area contributed by atoms with Gasteiger partial charge in [-0.25, -0.2) is 0 Å². The van der Waals surface area contributed by atoms with Crippen molar-refractivity contribution >= 4 is 23.3 Å². The van der Waals surface area contributed by atoms with E-state index in [1.807, 2.05) is 6.07 Å². The van der Waals surface area contributed by atoms with Gasteiger partial charge in [0.05, 0.1) is 5.41 Å². The van der Waals surface area contributed by atoms with E-state index in [1.165, 1.54) is 19.3 Å².